The summed E-state index contributed by atoms with van der Waals surface area (Å²) in [6.45, 7) is 3.64. The lowest BCUT2D eigenvalue weighted by Gasteiger charge is -2.40. The number of aromatic amines is 1. The van der Waals surface area contributed by atoms with Crippen LogP contribution in [0.25, 0.3) is 10.9 Å². The lowest BCUT2D eigenvalue weighted by Crippen LogP contribution is -2.46. The number of aromatic nitrogens is 3. The molecule has 5 rings (SSSR count). The van der Waals surface area contributed by atoms with E-state index < -0.39 is 0 Å². The van der Waals surface area contributed by atoms with Crippen molar-refractivity contribution in [1.82, 2.24) is 19.7 Å². The highest BCUT2D eigenvalue weighted by molar-refractivity contribution is 6.27. The van der Waals surface area contributed by atoms with E-state index in [4.69, 9.17) is 16.3 Å². The molecule has 2 atom stereocenters. The molecule has 4 heterocycles. The third-order valence-corrected chi connectivity index (χ3v) is 6.51. The van der Waals surface area contributed by atoms with Crippen LogP contribution in [0.5, 0.6) is 0 Å². The number of alkyl halides is 1. The minimum atomic E-state index is -0.207. The molecule has 1 amide bonds. The molecule has 3 aromatic rings. The first kappa shape index (κ1) is 18.7. The van der Waals surface area contributed by atoms with Crippen LogP contribution in [0.4, 0.5) is 0 Å². The molecular formula is C22H25ClN4O2. The number of halogens is 1. The molecule has 1 fully saturated rings. The van der Waals surface area contributed by atoms with Gasteiger partial charge in [-0.15, -0.1) is 11.6 Å². The van der Waals surface area contributed by atoms with Gasteiger partial charge in [0, 0.05) is 47.6 Å². The van der Waals surface area contributed by atoms with E-state index in [0.717, 1.165) is 49.3 Å². The monoisotopic (exact) mass is 412 g/mol. The molecule has 1 saturated heterocycles. The number of hydrogen-bond donors (Lipinski definition) is 1. The zero-order chi connectivity index (χ0) is 20.0. The van der Waals surface area contributed by atoms with Crippen molar-refractivity contribution in [1.29, 1.82) is 0 Å². The Labute approximate surface area is 174 Å². The number of rotatable bonds is 3. The van der Waals surface area contributed by atoms with Gasteiger partial charge in [-0.3, -0.25) is 9.48 Å². The summed E-state index contributed by atoms with van der Waals surface area (Å²) >= 11 is 6.00. The van der Waals surface area contributed by atoms with Crippen LogP contribution in [0, 0.1) is 0 Å². The normalized spacial score (nSPS) is 22.8. The van der Waals surface area contributed by atoms with Crippen LogP contribution in [0.15, 0.2) is 36.7 Å². The highest BCUT2D eigenvalue weighted by Crippen LogP contribution is 2.41. The fourth-order valence-corrected chi connectivity index (χ4v) is 5.03. The Morgan fingerprint density at radius 2 is 2.10 bits per heavy atom. The van der Waals surface area contributed by atoms with Crippen LogP contribution in [0.2, 0.25) is 0 Å². The Morgan fingerprint density at radius 1 is 1.31 bits per heavy atom. The second-order valence-electron chi connectivity index (χ2n) is 8.05. The summed E-state index contributed by atoms with van der Waals surface area (Å²) in [5.41, 5.74) is 4.49. The molecule has 0 radical (unpaired) electrons. The Morgan fingerprint density at radius 3 is 2.90 bits per heavy atom. The van der Waals surface area contributed by atoms with Crippen molar-refractivity contribution in [3.05, 3.63) is 53.5 Å². The molecule has 0 aliphatic carbocycles. The molecule has 1 aromatic carbocycles. The number of amides is 1. The first-order valence-electron chi connectivity index (χ1n) is 10.3. The molecule has 2 aromatic heterocycles. The SMILES string of the molecule is C[C@H]1Cc2c([nH]c3ccccc23)C(c2cnn(C3CCOCC3)c2)N1C(=O)CCl. The quantitative estimate of drug-likeness (QED) is 0.665. The predicted molar refractivity (Wildman–Crippen MR) is 112 cm³/mol. The second kappa shape index (κ2) is 7.50. The molecule has 7 heteroatoms. The van der Waals surface area contributed by atoms with Crippen LogP contribution < -0.4 is 0 Å². The van der Waals surface area contributed by atoms with Gasteiger partial charge in [0.15, 0.2) is 0 Å². The number of carbonyl (C=O) groups is 1. The Kier molecular flexibility index (Phi) is 4.84. The maximum Gasteiger partial charge on any atom is 0.238 e. The molecule has 29 heavy (non-hydrogen) atoms. The van der Waals surface area contributed by atoms with E-state index in [9.17, 15) is 4.79 Å². The van der Waals surface area contributed by atoms with E-state index in [1.54, 1.807) is 0 Å². The predicted octanol–water partition coefficient (Wildman–Crippen LogP) is 3.82. The van der Waals surface area contributed by atoms with Crippen LogP contribution in [0.1, 0.15) is 48.7 Å². The summed E-state index contributed by atoms with van der Waals surface area (Å²) in [6.07, 6.45) is 6.74. The van der Waals surface area contributed by atoms with Gasteiger partial charge < -0.3 is 14.6 Å². The van der Waals surface area contributed by atoms with E-state index in [2.05, 4.69) is 41.4 Å². The van der Waals surface area contributed by atoms with Crippen LogP contribution >= 0.6 is 11.6 Å². The molecule has 6 nitrogen and oxygen atoms in total. The lowest BCUT2D eigenvalue weighted by atomic mass is 9.89. The van der Waals surface area contributed by atoms with Crippen molar-refractivity contribution < 1.29 is 9.53 Å². The van der Waals surface area contributed by atoms with Gasteiger partial charge >= 0.3 is 0 Å². The molecule has 152 valence electrons. The topological polar surface area (TPSA) is 63.2 Å². The van der Waals surface area contributed by atoms with E-state index in [0.29, 0.717) is 6.04 Å². The Balaban J connectivity index is 1.61. The van der Waals surface area contributed by atoms with Crippen molar-refractivity contribution in [2.24, 2.45) is 0 Å². The maximum absolute atomic E-state index is 12.8. The molecule has 0 spiro atoms. The number of hydrogen-bond acceptors (Lipinski definition) is 3. The van der Waals surface area contributed by atoms with Crippen molar-refractivity contribution >= 4 is 28.4 Å². The third kappa shape index (κ3) is 3.15. The number of benzene rings is 1. The molecule has 1 unspecified atom stereocenters. The van der Waals surface area contributed by atoms with Gasteiger partial charge in [-0.1, -0.05) is 18.2 Å². The average molecular weight is 413 g/mol. The van der Waals surface area contributed by atoms with Gasteiger partial charge in [-0.05, 0) is 37.8 Å². The summed E-state index contributed by atoms with van der Waals surface area (Å²) in [4.78, 5) is 18.3. The number of ether oxygens (including phenoxy) is 1. The number of para-hydroxylation sites is 1. The lowest BCUT2D eigenvalue weighted by molar-refractivity contribution is -0.133. The zero-order valence-corrected chi connectivity index (χ0v) is 17.2. The first-order chi connectivity index (χ1) is 14.2. The van der Waals surface area contributed by atoms with Crippen LogP contribution in [-0.2, 0) is 16.0 Å². The average Bonchev–Trinajstić information content (AvgIpc) is 3.38. The standard InChI is InChI=1S/C22H25ClN4O2/c1-14-10-18-17-4-2-3-5-19(17)25-21(18)22(27(14)20(28)11-23)15-12-24-26(13-15)16-6-8-29-9-7-16/h2-5,12-14,16,22,25H,6-11H2,1H3/t14-,22?/m0/s1. The van der Waals surface area contributed by atoms with E-state index >= 15 is 0 Å². The Hall–Kier alpha value is -2.31. The molecule has 0 bridgehead atoms. The molecule has 2 aliphatic rings. The number of nitrogens with one attached hydrogen (secondary N) is 1. The number of H-pyrrole nitrogens is 1. The summed E-state index contributed by atoms with van der Waals surface area (Å²) in [5.74, 6) is -0.0721. The number of fused-ring (bicyclic) bond motifs is 3. The second-order valence-corrected chi connectivity index (χ2v) is 8.32. The van der Waals surface area contributed by atoms with Gasteiger partial charge in [0.05, 0.1) is 12.2 Å². The maximum atomic E-state index is 12.8. The summed E-state index contributed by atoms with van der Waals surface area (Å²) in [5, 5.41) is 5.89. The smallest absolute Gasteiger partial charge is 0.238 e. The molecular weight excluding hydrogens is 388 g/mol. The minimum absolute atomic E-state index is 0.0233. The van der Waals surface area contributed by atoms with Gasteiger partial charge in [0.1, 0.15) is 11.9 Å². The van der Waals surface area contributed by atoms with Crippen molar-refractivity contribution in [3.8, 4) is 0 Å². The van der Waals surface area contributed by atoms with Crippen molar-refractivity contribution in [2.45, 2.75) is 44.3 Å². The number of nitrogens with zero attached hydrogens (tertiary/aromatic N) is 3. The van der Waals surface area contributed by atoms with Crippen molar-refractivity contribution in [2.75, 3.05) is 19.1 Å². The summed E-state index contributed by atoms with van der Waals surface area (Å²) < 4.78 is 7.53. The van der Waals surface area contributed by atoms with Crippen LogP contribution in [0.3, 0.4) is 0 Å². The highest BCUT2D eigenvalue weighted by Gasteiger charge is 2.39. The molecule has 2 aliphatic heterocycles. The number of carbonyl (C=O) groups excluding carboxylic acids is 1. The summed E-state index contributed by atoms with van der Waals surface area (Å²) in [7, 11) is 0. The molecule has 0 saturated carbocycles. The largest absolute Gasteiger partial charge is 0.381 e. The fourth-order valence-electron chi connectivity index (χ4n) is 4.89. The minimum Gasteiger partial charge on any atom is -0.381 e. The van der Waals surface area contributed by atoms with Gasteiger partial charge in [-0.2, -0.15) is 5.10 Å². The first-order valence-corrected chi connectivity index (χ1v) is 10.8. The van der Waals surface area contributed by atoms with Gasteiger partial charge in [0.2, 0.25) is 5.91 Å². The Bertz CT molecular complexity index is 1040. The van der Waals surface area contributed by atoms with Gasteiger partial charge in [0.25, 0.3) is 0 Å². The fraction of sp³-hybridized carbons (Fsp3) is 0.455. The summed E-state index contributed by atoms with van der Waals surface area (Å²) in [6, 6.07) is 8.54. The van der Waals surface area contributed by atoms with Crippen LogP contribution in [-0.4, -0.2) is 50.7 Å². The van der Waals surface area contributed by atoms with Crippen molar-refractivity contribution in [3.63, 3.8) is 0 Å². The van der Waals surface area contributed by atoms with Gasteiger partial charge in [-0.25, -0.2) is 0 Å². The highest BCUT2D eigenvalue weighted by atomic mass is 35.5. The van der Waals surface area contributed by atoms with E-state index in [-0.39, 0.29) is 23.9 Å². The van der Waals surface area contributed by atoms with E-state index in [1.165, 1.54) is 10.9 Å². The third-order valence-electron chi connectivity index (χ3n) is 6.28. The molecule has 1 N–H and O–H groups in total. The van der Waals surface area contributed by atoms with E-state index in [1.807, 2.05) is 21.8 Å². The zero-order valence-electron chi connectivity index (χ0n) is 16.5.